The van der Waals surface area contributed by atoms with Crippen LogP contribution in [0.25, 0.3) is 0 Å². The Bertz CT molecular complexity index is 973. The van der Waals surface area contributed by atoms with Crippen LogP contribution in [0.3, 0.4) is 0 Å². The van der Waals surface area contributed by atoms with Gasteiger partial charge in [-0.3, -0.25) is 9.59 Å². The van der Waals surface area contributed by atoms with E-state index in [1.807, 2.05) is 0 Å². The van der Waals surface area contributed by atoms with Crippen LogP contribution in [0.5, 0.6) is 0 Å². The Hall–Kier alpha value is -2.78. The maximum atomic E-state index is 13.6. The molecule has 0 atom stereocenters. The van der Waals surface area contributed by atoms with Gasteiger partial charge in [0.25, 0.3) is 5.91 Å². The summed E-state index contributed by atoms with van der Waals surface area (Å²) in [5.41, 5.74) is 0.199. The van der Waals surface area contributed by atoms with Gasteiger partial charge in [0.1, 0.15) is 5.82 Å². The molecule has 0 aliphatic carbocycles. The average molecular weight is 420 g/mol. The van der Waals surface area contributed by atoms with E-state index in [4.69, 9.17) is 4.74 Å². The van der Waals surface area contributed by atoms with Crippen LogP contribution >= 0.6 is 0 Å². The Morgan fingerprint density at radius 3 is 2.21 bits per heavy atom. The molecule has 7 nitrogen and oxygen atoms in total. The molecule has 154 valence electrons. The van der Waals surface area contributed by atoms with E-state index in [0.717, 1.165) is 0 Å². The van der Waals surface area contributed by atoms with Crippen LogP contribution in [0.15, 0.2) is 59.5 Å². The van der Waals surface area contributed by atoms with Crippen LogP contribution in [-0.4, -0.2) is 62.3 Å². The van der Waals surface area contributed by atoms with Crippen molar-refractivity contribution < 1.29 is 27.1 Å². The number of carbonyl (C=O) groups is 2. The molecule has 0 unspecified atom stereocenters. The van der Waals surface area contributed by atoms with E-state index >= 15 is 0 Å². The molecule has 0 N–H and O–H groups in total. The number of ether oxygens (including phenoxy) is 1. The summed E-state index contributed by atoms with van der Waals surface area (Å²) < 4.78 is 45.0. The van der Waals surface area contributed by atoms with Gasteiger partial charge in [0.05, 0.1) is 11.3 Å². The quantitative estimate of drug-likeness (QED) is 0.661. The Balaban J connectivity index is 1.48. The minimum absolute atomic E-state index is 0.159. The van der Waals surface area contributed by atoms with Crippen LogP contribution in [0.2, 0.25) is 0 Å². The van der Waals surface area contributed by atoms with Crippen LogP contribution in [0, 0.1) is 5.82 Å². The van der Waals surface area contributed by atoms with Crippen molar-refractivity contribution >= 4 is 21.9 Å². The lowest BCUT2D eigenvalue weighted by molar-refractivity contribution is -0.152. The molecule has 2 aromatic rings. The first-order valence-corrected chi connectivity index (χ1v) is 10.5. The number of amides is 1. The number of piperazine rings is 1. The topological polar surface area (TPSA) is 84.0 Å². The van der Waals surface area contributed by atoms with E-state index in [1.165, 1.54) is 39.5 Å². The molecule has 0 radical (unpaired) electrons. The summed E-state index contributed by atoms with van der Waals surface area (Å²) in [5, 5.41) is 0. The zero-order chi connectivity index (χ0) is 20.9. The molecular weight excluding hydrogens is 399 g/mol. The number of benzene rings is 2. The molecule has 0 saturated carbocycles. The number of hydrogen-bond acceptors (Lipinski definition) is 5. The normalized spacial score (nSPS) is 15.1. The van der Waals surface area contributed by atoms with E-state index in [1.54, 1.807) is 24.3 Å². The molecule has 1 fully saturated rings. The minimum atomic E-state index is -3.60. The highest BCUT2D eigenvalue weighted by atomic mass is 32.2. The summed E-state index contributed by atoms with van der Waals surface area (Å²) in [6.07, 6.45) is -0.261. The van der Waals surface area contributed by atoms with Crippen LogP contribution in [-0.2, 0) is 30.8 Å². The highest BCUT2D eigenvalue weighted by molar-refractivity contribution is 7.89. The van der Waals surface area contributed by atoms with Gasteiger partial charge in [0.2, 0.25) is 10.0 Å². The van der Waals surface area contributed by atoms with Crippen molar-refractivity contribution in [2.75, 3.05) is 32.8 Å². The molecular formula is C20H21FN2O5S. The Morgan fingerprint density at radius 2 is 1.55 bits per heavy atom. The molecule has 0 spiro atoms. The largest absolute Gasteiger partial charge is 0.455 e. The van der Waals surface area contributed by atoms with Gasteiger partial charge in [-0.2, -0.15) is 4.31 Å². The van der Waals surface area contributed by atoms with Crippen molar-refractivity contribution in [3.63, 3.8) is 0 Å². The summed E-state index contributed by atoms with van der Waals surface area (Å²) in [6.45, 7) is 0.266. The summed E-state index contributed by atoms with van der Waals surface area (Å²) in [4.78, 5) is 25.8. The third-order valence-corrected chi connectivity index (χ3v) is 6.53. The average Bonchev–Trinajstić information content (AvgIpc) is 2.74. The number of halogens is 1. The fourth-order valence-corrected chi connectivity index (χ4v) is 4.44. The van der Waals surface area contributed by atoms with Gasteiger partial charge >= 0.3 is 5.97 Å². The smallest absolute Gasteiger partial charge is 0.310 e. The van der Waals surface area contributed by atoms with E-state index in [9.17, 15) is 22.4 Å². The van der Waals surface area contributed by atoms with Gasteiger partial charge in [-0.25, -0.2) is 12.8 Å². The van der Waals surface area contributed by atoms with Gasteiger partial charge in [-0.05, 0) is 23.8 Å². The zero-order valence-electron chi connectivity index (χ0n) is 15.7. The third-order valence-electron chi connectivity index (χ3n) is 4.62. The maximum Gasteiger partial charge on any atom is 0.310 e. The van der Waals surface area contributed by atoms with Crippen LogP contribution in [0.1, 0.15) is 5.56 Å². The number of sulfonamides is 1. The van der Waals surface area contributed by atoms with Gasteiger partial charge in [-0.15, -0.1) is 0 Å². The second-order valence-electron chi connectivity index (χ2n) is 6.53. The van der Waals surface area contributed by atoms with Crippen LogP contribution in [0.4, 0.5) is 4.39 Å². The zero-order valence-corrected chi connectivity index (χ0v) is 16.5. The fraction of sp³-hybridized carbons (Fsp3) is 0.300. The van der Waals surface area contributed by atoms with Crippen molar-refractivity contribution in [3.8, 4) is 0 Å². The van der Waals surface area contributed by atoms with Gasteiger partial charge in [0.15, 0.2) is 6.61 Å². The minimum Gasteiger partial charge on any atom is -0.455 e. The molecule has 1 amide bonds. The summed E-state index contributed by atoms with van der Waals surface area (Å²) in [7, 11) is -3.60. The van der Waals surface area contributed by atoms with Crippen molar-refractivity contribution in [1.82, 2.24) is 9.21 Å². The van der Waals surface area contributed by atoms with Crippen molar-refractivity contribution in [2.45, 2.75) is 11.3 Å². The van der Waals surface area contributed by atoms with Crippen molar-refractivity contribution in [3.05, 3.63) is 66.0 Å². The first-order valence-electron chi connectivity index (χ1n) is 9.10. The fourth-order valence-electron chi connectivity index (χ4n) is 3.00. The van der Waals surface area contributed by atoms with Crippen molar-refractivity contribution in [2.24, 2.45) is 0 Å². The molecule has 9 heteroatoms. The summed E-state index contributed by atoms with van der Waals surface area (Å²) in [5.74, 6) is -1.62. The number of nitrogens with zero attached hydrogens (tertiary/aromatic N) is 2. The second kappa shape index (κ2) is 9.15. The Kier molecular flexibility index (Phi) is 6.60. The first kappa shape index (κ1) is 20.9. The van der Waals surface area contributed by atoms with Crippen LogP contribution < -0.4 is 0 Å². The van der Waals surface area contributed by atoms with E-state index < -0.39 is 34.3 Å². The lowest BCUT2D eigenvalue weighted by Gasteiger charge is -2.33. The third kappa shape index (κ3) is 5.18. The summed E-state index contributed by atoms with van der Waals surface area (Å²) in [6, 6.07) is 14.0. The van der Waals surface area contributed by atoms with Gasteiger partial charge in [0, 0.05) is 26.2 Å². The highest BCUT2D eigenvalue weighted by Gasteiger charge is 2.30. The number of hydrogen-bond donors (Lipinski definition) is 0. The molecule has 1 saturated heterocycles. The Labute approximate surface area is 168 Å². The second-order valence-corrected chi connectivity index (χ2v) is 8.46. The predicted octanol–water partition coefficient (Wildman–Crippen LogP) is 1.44. The predicted molar refractivity (Wildman–Crippen MR) is 103 cm³/mol. The SMILES string of the molecule is O=C(Cc1ccccc1F)OCC(=O)N1CCN(S(=O)(=O)c2ccccc2)CC1. The molecule has 0 bridgehead atoms. The lowest BCUT2D eigenvalue weighted by Crippen LogP contribution is -2.51. The highest BCUT2D eigenvalue weighted by Crippen LogP contribution is 2.17. The number of esters is 1. The number of rotatable bonds is 6. The Morgan fingerprint density at radius 1 is 0.931 bits per heavy atom. The maximum absolute atomic E-state index is 13.6. The van der Waals surface area contributed by atoms with E-state index in [0.29, 0.717) is 0 Å². The van der Waals surface area contributed by atoms with Gasteiger partial charge < -0.3 is 9.64 Å². The molecule has 1 heterocycles. The molecule has 1 aliphatic rings. The molecule has 29 heavy (non-hydrogen) atoms. The molecule has 0 aromatic heterocycles. The molecule has 2 aromatic carbocycles. The monoisotopic (exact) mass is 420 g/mol. The van der Waals surface area contributed by atoms with E-state index in [2.05, 4.69) is 0 Å². The van der Waals surface area contributed by atoms with Crippen molar-refractivity contribution in [1.29, 1.82) is 0 Å². The first-order chi connectivity index (χ1) is 13.9. The van der Waals surface area contributed by atoms with Gasteiger partial charge in [-0.1, -0.05) is 36.4 Å². The van der Waals surface area contributed by atoms with E-state index in [-0.39, 0.29) is 43.1 Å². The lowest BCUT2D eigenvalue weighted by atomic mass is 10.1. The molecule has 3 rings (SSSR count). The standard InChI is InChI=1S/C20H21FN2O5S/c21-18-9-5-4-6-16(18)14-20(25)28-15-19(24)22-10-12-23(13-11-22)29(26,27)17-7-2-1-3-8-17/h1-9H,10-15H2. The molecule has 1 aliphatic heterocycles. The number of carbonyl (C=O) groups excluding carboxylic acids is 2. The summed E-state index contributed by atoms with van der Waals surface area (Å²) >= 11 is 0.